The first-order valence-electron chi connectivity index (χ1n) is 9.99. The molecule has 0 saturated carbocycles. The van der Waals surface area contributed by atoms with E-state index in [2.05, 4.69) is 29.2 Å². The van der Waals surface area contributed by atoms with E-state index in [1.54, 1.807) is 0 Å². The fourth-order valence-corrected chi connectivity index (χ4v) is 3.96. The fraction of sp³-hybridized carbons (Fsp3) is 0.240. The molecule has 0 aliphatic carbocycles. The third-order valence-electron chi connectivity index (χ3n) is 5.45. The molecular formula is C25H25NO3. The molecule has 1 heterocycles. The summed E-state index contributed by atoms with van der Waals surface area (Å²) in [6.45, 7) is 1.98. The van der Waals surface area contributed by atoms with E-state index in [4.69, 9.17) is 4.74 Å². The van der Waals surface area contributed by atoms with Crippen molar-refractivity contribution in [2.75, 3.05) is 13.1 Å². The van der Waals surface area contributed by atoms with Crippen LogP contribution < -0.4 is 4.74 Å². The summed E-state index contributed by atoms with van der Waals surface area (Å²) >= 11 is 0. The summed E-state index contributed by atoms with van der Waals surface area (Å²) in [5.74, 6) is -0.309. The molecule has 0 bridgehead atoms. The maximum Gasteiger partial charge on any atom is 0.349 e. The van der Waals surface area contributed by atoms with Gasteiger partial charge in [0.05, 0.1) is 0 Å². The summed E-state index contributed by atoms with van der Waals surface area (Å²) in [7, 11) is 0. The van der Waals surface area contributed by atoms with Crippen LogP contribution in [0.1, 0.15) is 18.4 Å². The Hall–Kier alpha value is -3.11. The standard InChI is InChI=1S/C25H25NO3/c27-24(28)25(16-7-17-26(19-25)18-20-8-3-1-4-9-20)29-23-14-12-22(13-15-23)21-10-5-2-6-11-21/h1-6,8-15H,7,16-19H2,(H,27,28)/t25-/m1/s1. The molecule has 1 saturated heterocycles. The van der Waals surface area contributed by atoms with Crippen LogP contribution in [0.5, 0.6) is 5.75 Å². The van der Waals surface area contributed by atoms with Gasteiger partial charge in [-0.2, -0.15) is 0 Å². The Morgan fingerprint density at radius 2 is 1.52 bits per heavy atom. The molecule has 4 heteroatoms. The summed E-state index contributed by atoms with van der Waals surface area (Å²) in [6.07, 6.45) is 1.30. The minimum atomic E-state index is -1.22. The lowest BCUT2D eigenvalue weighted by molar-refractivity contribution is -0.160. The summed E-state index contributed by atoms with van der Waals surface area (Å²) in [6, 6.07) is 27.9. The number of carboxylic acids is 1. The number of nitrogens with zero attached hydrogens (tertiary/aromatic N) is 1. The van der Waals surface area contributed by atoms with E-state index in [9.17, 15) is 9.90 Å². The fourth-order valence-electron chi connectivity index (χ4n) is 3.96. The van der Waals surface area contributed by atoms with Crippen LogP contribution in [0.2, 0.25) is 0 Å². The Labute approximate surface area is 171 Å². The van der Waals surface area contributed by atoms with E-state index >= 15 is 0 Å². The van der Waals surface area contributed by atoms with Gasteiger partial charge < -0.3 is 9.84 Å². The molecule has 3 aromatic carbocycles. The lowest BCUT2D eigenvalue weighted by Crippen LogP contribution is -2.56. The van der Waals surface area contributed by atoms with E-state index in [1.165, 1.54) is 5.56 Å². The van der Waals surface area contributed by atoms with Crippen LogP contribution in [-0.2, 0) is 11.3 Å². The molecule has 0 amide bonds. The highest BCUT2D eigenvalue weighted by atomic mass is 16.5. The van der Waals surface area contributed by atoms with E-state index in [0.717, 1.165) is 30.6 Å². The quantitative estimate of drug-likeness (QED) is 0.657. The molecule has 4 nitrogen and oxygen atoms in total. The molecule has 0 radical (unpaired) electrons. The largest absolute Gasteiger partial charge is 0.478 e. The Kier molecular flexibility index (Phi) is 5.63. The number of hydrogen-bond acceptors (Lipinski definition) is 3. The van der Waals surface area contributed by atoms with Gasteiger partial charge >= 0.3 is 5.97 Å². The lowest BCUT2D eigenvalue weighted by Gasteiger charge is -2.39. The topological polar surface area (TPSA) is 49.8 Å². The van der Waals surface area contributed by atoms with Gasteiger partial charge in [-0.15, -0.1) is 0 Å². The number of hydrogen-bond donors (Lipinski definition) is 1. The summed E-state index contributed by atoms with van der Waals surface area (Å²) in [4.78, 5) is 14.4. The second kappa shape index (κ2) is 8.50. The van der Waals surface area contributed by atoms with Crippen LogP contribution in [0, 0.1) is 0 Å². The van der Waals surface area contributed by atoms with Crippen molar-refractivity contribution in [3.63, 3.8) is 0 Å². The van der Waals surface area contributed by atoms with E-state index in [-0.39, 0.29) is 0 Å². The monoisotopic (exact) mass is 387 g/mol. The number of carbonyl (C=O) groups is 1. The predicted octanol–water partition coefficient (Wildman–Crippen LogP) is 4.85. The van der Waals surface area contributed by atoms with Crippen LogP contribution in [0.3, 0.4) is 0 Å². The van der Waals surface area contributed by atoms with Crippen molar-refractivity contribution in [1.82, 2.24) is 4.90 Å². The van der Waals surface area contributed by atoms with E-state index < -0.39 is 11.6 Å². The Bertz CT molecular complexity index is 941. The molecule has 1 atom stereocenters. The third-order valence-corrected chi connectivity index (χ3v) is 5.45. The lowest BCUT2D eigenvalue weighted by atomic mass is 9.92. The van der Waals surface area contributed by atoms with Crippen molar-refractivity contribution in [3.8, 4) is 16.9 Å². The van der Waals surface area contributed by atoms with Gasteiger partial charge in [-0.25, -0.2) is 4.79 Å². The van der Waals surface area contributed by atoms with E-state index in [0.29, 0.717) is 18.7 Å². The van der Waals surface area contributed by atoms with Crippen molar-refractivity contribution in [2.24, 2.45) is 0 Å². The average molecular weight is 387 g/mol. The van der Waals surface area contributed by atoms with Gasteiger partial charge in [0.2, 0.25) is 5.60 Å². The average Bonchev–Trinajstić information content (AvgIpc) is 2.76. The highest BCUT2D eigenvalue weighted by molar-refractivity contribution is 5.78. The second-order valence-electron chi connectivity index (χ2n) is 7.59. The molecule has 0 spiro atoms. The molecule has 148 valence electrons. The molecule has 0 unspecified atom stereocenters. The zero-order valence-corrected chi connectivity index (χ0v) is 16.3. The van der Waals surface area contributed by atoms with Crippen molar-refractivity contribution in [3.05, 3.63) is 90.5 Å². The Morgan fingerprint density at radius 1 is 0.897 bits per heavy atom. The van der Waals surface area contributed by atoms with Crippen molar-refractivity contribution in [2.45, 2.75) is 25.0 Å². The SMILES string of the molecule is O=C(O)[C@@]1(Oc2ccc(-c3ccccc3)cc2)CCCN(Cc2ccccc2)C1. The molecule has 1 aliphatic heterocycles. The first kappa shape index (κ1) is 19.2. The van der Waals surface area contributed by atoms with Crippen LogP contribution in [0.25, 0.3) is 11.1 Å². The molecule has 1 aliphatic rings. The first-order chi connectivity index (χ1) is 14.1. The normalized spacial score (nSPS) is 19.6. The summed E-state index contributed by atoms with van der Waals surface area (Å²) in [5.41, 5.74) is 2.16. The van der Waals surface area contributed by atoms with Crippen LogP contribution >= 0.6 is 0 Å². The van der Waals surface area contributed by atoms with Gasteiger partial charge in [0.1, 0.15) is 5.75 Å². The molecule has 0 aromatic heterocycles. The third kappa shape index (κ3) is 4.49. The molecule has 1 N–H and O–H groups in total. The van der Waals surface area contributed by atoms with Gasteiger partial charge in [-0.3, -0.25) is 4.90 Å². The van der Waals surface area contributed by atoms with Gasteiger partial charge in [-0.05, 0) is 41.8 Å². The van der Waals surface area contributed by atoms with Crippen LogP contribution in [0.4, 0.5) is 0 Å². The zero-order valence-electron chi connectivity index (χ0n) is 16.3. The Morgan fingerprint density at radius 3 is 2.17 bits per heavy atom. The van der Waals surface area contributed by atoms with E-state index in [1.807, 2.05) is 60.7 Å². The molecule has 29 heavy (non-hydrogen) atoms. The predicted molar refractivity (Wildman–Crippen MR) is 114 cm³/mol. The summed E-state index contributed by atoms with van der Waals surface area (Å²) in [5, 5.41) is 10.0. The number of benzene rings is 3. The van der Waals surface area contributed by atoms with Gasteiger partial charge in [-0.1, -0.05) is 72.8 Å². The number of piperidine rings is 1. The maximum atomic E-state index is 12.2. The minimum Gasteiger partial charge on any atom is -0.478 e. The van der Waals surface area contributed by atoms with Crippen molar-refractivity contribution < 1.29 is 14.6 Å². The minimum absolute atomic E-state index is 0.373. The smallest absolute Gasteiger partial charge is 0.349 e. The highest BCUT2D eigenvalue weighted by Gasteiger charge is 2.45. The molecule has 4 rings (SSSR count). The number of ether oxygens (including phenoxy) is 1. The maximum absolute atomic E-state index is 12.2. The highest BCUT2D eigenvalue weighted by Crippen LogP contribution is 2.30. The molecule has 1 fully saturated rings. The van der Waals surface area contributed by atoms with Gasteiger partial charge in [0, 0.05) is 19.5 Å². The number of aliphatic carboxylic acids is 1. The number of likely N-dealkylation sites (tertiary alicyclic amines) is 1. The van der Waals surface area contributed by atoms with Gasteiger partial charge in [0.15, 0.2) is 0 Å². The number of carboxylic acid groups (broad SMARTS) is 1. The van der Waals surface area contributed by atoms with Gasteiger partial charge in [0.25, 0.3) is 0 Å². The molecular weight excluding hydrogens is 362 g/mol. The van der Waals surface area contributed by atoms with Crippen LogP contribution in [-0.4, -0.2) is 34.7 Å². The van der Waals surface area contributed by atoms with Crippen molar-refractivity contribution in [1.29, 1.82) is 0 Å². The van der Waals surface area contributed by atoms with Crippen LogP contribution in [0.15, 0.2) is 84.9 Å². The zero-order chi connectivity index (χ0) is 20.1. The second-order valence-corrected chi connectivity index (χ2v) is 7.59. The summed E-state index contributed by atoms with van der Waals surface area (Å²) < 4.78 is 6.12. The molecule has 3 aromatic rings. The van der Waals surface area contributed by atoms with Crippen molar-refractivity contribution >= 4 is 5.97 Å². The Balaban J connectivity index is 1.50. The number of rotatable bonds is 6. The first-order valence-corrected chi connectivity index (χ1v) is 9.99.